The van der Waals surface area contributed by atoms with Crippen molar-refractivity contribution in [3.05, 3.63) is 39.6 Å². The van der Waals surface area contributed by atoms with Crippen LogP contribution in [-0.2, 0) is 11.2 Å². The van der Waals surface area contributed by atoms with Crippen LogP contribution in [0.3, 0.4) is 0 Å². The summed E-state index contributed by atoms with van der Waals surface area (Å²) in [4.78, 5) is 17.2. The molecular formula is C13H12ClFN2OS2. The van der Waals surface area contributed by atoms with Crippen LogP contribution in [0.4, 0.5) is 10.1 Å². The SMILES string of the molecule is CSc1nc(C)c(CC(=O)Nc2ccc(F)c(Cl)c2)s1. The van der Waals surface area contributed by atoms with Crippen molar-refractivity contribution in [2.45, 2.75) is 17.7 Å². The summed E-state index contributed by atoms with van der Waals surface area (Å²) in [6.45, 7) is 1.88. The molecule has 1 aromatic carbocycles. The molecule has 0 bridgehead atoms. The highest BCUT2D eigenvalue weighted by Gasteiger charge is 2.12. The summed E-state index contributed by atoms with van der Waals surface area (Å²) in [5.41, 5.74) is 1.35. The van der Waals surface area contributed by atoms with E-state index < -0.39 is 5.82 Å². The average Bonchev–Trinajstić information content (AvgIpc) is 2.74. The summed E-state index contributed by atoms with van der Waals surface area (Å²) in [6, 6.07) is 4.09. The third-order valence-electron chi connectivity index (χ3n) is 2.57. The number of hydrogen-bond acceptors (Lipinski definition) is 4. The summed E-state index contributed by atoms with van der Waals surface area (Å²) in [5, 5.41) is 2.68. The van der Waals surface area contributed by atoms with E-state index >= 15 is 0 Å². The number of thiazole rings is 1. The fourth-order valence-electron chi connectivity index (χ4n) is 1.58. The van der Waals surface area contributed by atoms with Gasteiger partial charge in [0.1, 0.15) is 10.2 Å². The number of aromatic nitrogens is 1. The lowest BCUT2D eigenvalue weighted by molar-refractivity contribution is -0.115. The molecule has 0 fully saturated rings. The molecule has 0 spiro atoms. The van der Waals surface area contributed by atoms with E-state index in [1.807, 2.05) is 13.2 Å². The minimum atomic E-state index is -0.507. The van der Waals surface area contributed by atoms with Gasteiger partial charge in [-0.3, -0.25) is 4.79 Å². The number of nitrogens with one attached hydrogen (secondary N) is 1. The number of halogens is 2. The Kier molecular flexibility index (Phi) is 5.01. The van der Waals surface area contributed by atoms with Crippen molar-refractivity contribution in [3.63, 3.8) is 0 Å². The van der Waals surface area contributed by atoms with Crippen LogP contribution in [0.5, 0.6) is 0 Å². The number of benzene rings is 1. The Bertz CT molecular complexity index is 645. The number of nitrogens with zero attached hydrogens (tertiary/aromatic N) is 1. The van der Waals surface area contributed by atoms with Gasteiger partial charge in [-0.2, -0.15) is 0 Å². The van der Waals surface area contributed by atoms with Crippen molar-refractivity contribution in [1.29, 1.82) is 0 Å². The first kappa shape index (κ1) is 15.3. The number of amides is 1. The van der Waals surface area contributed by atoms with Crippen molar-refractivity contribution < 1.29 is 9.18 Å². The van der Waals surface area contributed by atoms with E-state index in [4.69, 9.17) is 11.6 Å². The molecule has 0 saturated carbocycles. The second kappa shape index (κ2) is 6.56. The Balaban J connectivity index is 2.04. The van der Waals surface area contributed by atoms with E-state index in [0.29, 0.717) is 5.69 Å². The van der Waals surface area contributed by atoms with Gasteiger partial charge in [-0.15, -0.1) is 11.3 Å². The maximum absolute atomic E-state index is 13.0. The van der Waals surface area contributed by atoms with Crippen LogP contribution < -0.4 is 5.32 Å². The molecule has 0 unspecified atom stereocenters. The summed E-state index contributed by atoms with van der Waals surface area (Å²) < 4.78 is 14.0. The highest BCUT2D eigenvalue weighted by Crippen LogP contribution is 2.26. The molecule has 1 aromatic heterocycles. The average molecular weight is 331 g/mol. The molecule has 0 aliphatic carbocycles. The fourth-order valence-corrected chi connectivity index (χ4v) is 3.41. The first-order valence-corrected chi connectivity index (χ1v) is 8.16. The zero-order valence-electron chi connectivity index (χ0n) is 10.9. The van der Waals surface area contributed by atoms with Gasteiger partial charge < -0.3 is 5.32 Å². The molecule has 2 aromatic rings. The van der Waals surface area contributed by atoms with Crippen LogP contribution in [0.25, 0.3) is 0 Å². The molecule has 1 N–H and O–H groups in total. The second-order valence-electron chi connectivity index (χ2n) is 4.05. The Morgan fingerprint density at radius 3 is 2.90 bits per heavy atom. The molecule has 0 aliphatic heterocycles. The van der Waals surface area contributed by atoms with Gasteiger partial charge in [0.2, 0.25) is 5.91 Å². The van der Waals surface area contributed by atoms with E-state index in [2.05, 4.69) is 10.3 Å². The molecule has 1 heterocycles. The van der Waals surface area contributed by atoms with Gasteiger partial charge >= 0.3 is 0 Å². The normalized spacial score (nSPS) is 10.6. The molecule has 2 rings (SSSR count). The third kappa shape index (κ3) is 3.71. The predicted octanol–water partition coefficient (Wildman–Crippen LogP) is 4.15. The lowest BCUT2D eigenvalue weighted by atomic mass is 10.2. The first-order chi connectivity index (χ1) is 9.49. The number of carbonyl (C=O) groups is 1. The Labute approximate surface area is 129 Å². The van der Waals surface area contributed by atoms with E-state index in [1.165, 1.54) is 29.5 Å². The summed E-state index contributed by atoms with van der Waals surface area (Å²) in [7, 11) is 0. The fraction of sp³-hybridized carbons (Fsp3) is 0.231. The summed E-state index contributed by atoms with van der Waals surface area (Å²) in [6.07, 6.45) is 2.20. The van der Waals surface area contributed by atoms with Crippen LogP contribution in [0, 0.1) is 12.7 Å². The van der Waals surface area contributed by atoms with Gasteiger partial charge in [0.25, 0.3) is 0 Å². The van der Waals surface area contributed by atoms with E-state index in [1.54, 1.807) is 11.8 Å². The maximum Gasteiger partial charge on any atom is 0.229 e. The molecule has 0 aliphatic rings. The molecule has 1 amide bonds. The molecule has 0 saturated heterocycles. The lowest BCUT2D eigenvalue weighted by Gasteiger charge is -2.05. The van der Waals surface area contributed by atoms with Crippen molar-refractivity contribution in [3.8, 4) is 0 Å². The van der Waals surface area contributed by atoms with Crippen LogP contribution in [0.1, 0.15) is 10.6 Å². The van der Waals surface area contributed by atoms with Crippen molar-refractivity contribution in [2.75, 3.05) is 11.6 Å². The highest BCUT2D eigenvalue weighted by atomic mass is 35.5. The van der Waals surface area contributed by atoms with E-state index in [0.717, 1.165) is 14.9 Å². The van der Waals surface area contributed by atoms with Crippen molar-refractivity contribution in [1.82, 2.24) is 4.98 Å². The minimum absolute atomic E-state index is 0.0126. The highest BCUT2D eigenvalue weighted by molar-refractivity contribution is 8.00. The molecule has 3 nitrogen and oxygen atoms in total. The second-order valence-corrected chi connectivity index (χ2v) is 6.59. The first-order valence-electron chi connectivity index (χ1n) is 5.75. The van der Waals surface area contributed by atoms with Gasteiger partial charge in [-0.25, -0.2) is 9.37 Å². The van der Waals surface area contributed by atoms with Gasteiger partial charge in [-0.05, 0) is 31.4 Å². The zero-order valence-corrected chi connectivity index (χ0v) is 13.3. The quantitative estimate of drug-likeness (QED) is 0.856. The number of rotatable bonds is 4. The Hall–Kier alpha value is -1.11. The topological polar surface area (TPSA) is 42.0 Å². The third-order valence-corrected chi connectivity index (χ3v) is 5.00. The van der Waals surface area contributed by atoms with Gasteiger partial charge in [0.15, 0.2) is 0 Å². The number of aryl methyl sites for hydroxylation is 1. The zero-order chi connectivity index (χ0) is 14.7. The lowest BCUT2D eigenvalue weighted by Crippen LogP contribution is -2.14. The Morgan fingerprint density at radius 2 is 2.30 bits per heavy atom. The standard InChI is InChI=1S/C13H12ClFN2OS2/c1-7-11(20-13(16-7)19-2)6-12(18)17-8-3-4-10(15)9(14)5-8/h3-5H,6H2,1-2H3,(H,17,18). The monoisotopic (exact) mass is 330 g/mol. The van der Waals surface area contributed by atoms with Crippen molar-refractivity contribution in [2.24, 2.45) is 0 Å². The largest absolute Gasteiger partial charge is 0.326 e. The van der Waals surface area contributed by atoms with Crippen LogP contribution in [-0.4, -0.2) is 17.1 Å². The molecule has 20 heavy (non-hydrogen) atoms. The summed E-state index contributed by atoms with van der Waals surface area (Å²) >= 11 is 8.73. The van der Waals surface area contributed by atoms with Crippen LogP contribution >= 0.6 is 34.7 Å². The van der Waals surface area contributed by atoms with Gasteiger partial charge in [0, 0.05) is 10.6 Å². The van der Waals surface area contributed by atoms with E-state index in [-0.39, 0.29) is 17.4 Å². The molecule has 7 heteroatoms. The van der Waals surface area contributed by atoms with Crippen LogP contribution in [0.2, 0.25) is 5.02 Å². The molecule has 0 radical (unpaired) electrons. The number of anilines is 1. The molecule has 0 atom stereocenters. The number of thioether (sulfide) groups is 1. The van der Waals surface area contributed by atoms with E-state index in [9.17, 15) is 9.18 Å². The molecular weight excluding hydrogens is 319 g/mol. The smallest absolute Gasteiger partial charge is 0.229 e. The number of hydrogen-bond donors (Lipinski definition) is 1. The van der Waals surface area contributed by atoms with Crippen LogP contribution in [0.15, 0.2) is 22.5 Å². The Morgan fingerprint density at radius 1 is 1.55 bits per heavy atom. The maximum atomic E-state index is 13.0. The molecule has 106 valence electrons. The van der Waals surface area contributed by atoms with Crippen molar-refractivity contribution >= 4 is 46.3 Å². The minimum Gasteiger partial charge on any atom is -0.326 e. The number of carbonyl (C=O) groups excluding carboxylic acids is 1. The predicted molar refractivity (Wildman–Crippen MR) is 82.4 cm³/mol. The van der Waals surface area contributed by atoms with Gasteiger partial charge in [-0.1, -0.05) is 23.4 Å². The van der Waals surface area contributed by atoms with Gasteiger partial charge in [0.05, 0.1) is 17.1 Å². The summed E-state index contributed by atoms with van der Waals surface area (Å²) in [5.74, 6) is -0.681.